The van der Waals surface area contributed by atoms with E-state index in [-0.39, 0.29) is 18.2 Å². The largest absolute Gasteiger partial charge is 0.381 e. The first-order valence-electron chi connectivity index (χ1n) is 7.42. The number of carbonyl (C=O) groups is 2. The van der Waals surface area contributed by atoms with Gasteiger partial charge >= 0.3 is 0 Å². The third-order valence-corrected chi connectivity index (χ3v) is 2.23. The van der Waals surface area contributed by atoms with Crippen molar-refractivity contribution in [1.82, 2.24) is 10.6 Å². The van der Waals surface area contributed by atoms with Crippen LogP contribution in [0, 0.1) is 0 Å². The summed E-state index contributed by atoms with van der Waals surface area (Å²) in [6.07, 6.45) is 2.54. The van der Waals surface area contributed by atoms with Crippen molar-refractivity contribution in [2.24, 2.45) is 0 Å². The van der Waals surface area contributed by atoms with Crippen LogP contribution in [0.1, 0.15) is 53.9 Å². The van der Waals surface area contributed by atoms with Crippen molar-refractivity contribution in [1.29, 1.82) is 0 Å². The van der Waals surface area contributed by atoms with E-state index in [0.29, 0.717) is 6.41 Å². The highest BCUT2D eigenvalue weighted by atomic mass is 16.5. The molecule has 1 aliphatic rings. The van der Waals surface area contributed by atoms with E-state index >= 15 is 0 Å². The van der Waals surface area contributed by atoms with Gasteiger partial charge in [0.15, 0.2) is 0 Å². The average Bonchev–Trinajstić information content (AvgIpc) is 3.20. The maximum absolute atomic E-state index is 11.0. The van der Waals surface area contributed by atoms with Crippen LogP contribution >= 0.6 is 0 Å². The van der Waals surface area contributed by atoms with E-state index in [9.17, 15) is 9.59 Å². The van der Waals surface area contributed by atoms with Gasteiger partial charge in [-0.05, 0) is 33.6 Å². The van der Waals surface area contributed by atoms with Gasteiger partial charge in [0.25, 0.3) is 5.91 Å². The van der Waals surface area contributed by atoms with E-state index in [2.05, 4.69) is 24.5 Å². The molecular formula is C15H32N2O4. The molecule has 126 valence electrons. The smallest absolute Gasteiger partial charge is 0.250 e. The molecular weight excluding hydrogens is 272 g/mol. The topological polar surface area (TPSA) is 87.7 Å². The fourth-order valence-corrected chi connectivity index (χ4v) is 0.777. The predicted octanol–water partition coefficient (Wildman–Crippen LogP) is 1.22. The highest BCUT2D eigenvalue weighted by molar-refractivity contribution is 5.81. The van der Waals surface area contributed by atoms with Gasteiger partial charge in [0.1, 0.15) is 6.10 Å². The molecule has 1 saturated carbocycles. The fourth-order valence-electron chi connectivity index (χ4n) is 0.777. The van der Waals surface area contributed by atoms with E-state index in [1.54, 1.807) is 7.11 Å². The van der Waals surface area contributed by atoms with Crippen LogP contribution in [0.15, 0.2) is 0 Å². The van der Waals surface area contributed by atoms with Crippen LogP contribution in [0.3, 0.4) is 0 Å². The Labute approximate surface area is 128 Å². The van der Waals surface area contributed by atoms with Gasteiger partial charge in [0, 0.05) is 13.2 Å². The summed E-state index contributed by atoms with van der Waals surface area (Å²) < 4.78 is 4.94. The van der Waals surface area contributed by atoms with Crippen molar-refractivity contribution in [3.05, 3.63) is 0 Å². The molecule has 6 heteroatoms. The lowest BCUT2D eigenvalue weighted by molar-refractivity contribution is -0.129. The Balaban J connectivity index is 0. The van der Waals surface area contributed by atoms with Crippen LogP contribution < -0.4 is 10.6 Å². The van der Waals surface area contributed by atoms with Crippen molar-refractivity contribution < 1.29 is 19.4 Å². The summed E-state index contributed by atoms with van der Waals surface area (Å²) in [5, 5.41) is 13.9. The summed E-state index contributed by atoms with van der Waals surface area (Å²) in [6.45, 7) is 10.3. The minimum atomic E-state index is -1.13. The average molecular weight is 304 g/mol. The number of hydrogen-bond acceptors (Lipinski definition) is 4. The van der Waals surface area contributed by atoms with Gasteiger partial charge in [-0.15, -0.1) is 0 Å². The first-order chi connectivity index (χ1) is 9.71. The van der Waals surface area contributed by atoms with E-state index < -0.39 is 12.0 Å². The Hall–Kier alpha value is -1.14. The Morgan fingerprint density at radius 2 is 1.81 bits per heavy atom. The van der Waals surface area contributed by atoms with Crippen molar-refractivity contribution >= 4 is 12.3 Å². The first-order valence-corrected chi connectivity index (χ1v) is 7.42. The molecule has 1 atom stereocenters. The molecule has 0 aromatic carbocycles. The predicted molar refractivity (Wildman–Crippen MR) is 84.0 cm³/mol. The van der Waals surface area contributed by atoms with E-state index in [0.717, 1.165) is 12.8 Å². The summed E-state index contributed by atoms with van der Waals surface area (Å²) in [7, 11) is 1.71. The number of ether oxygens (including phenoxy) is 1. The normalized spacial score (nSPS) is 14.6. The number of carbonyl (C=O) groups excluding carboxylic acids is 2. The number of hydrogen-bond donors (Lipinski definition) is 3. The van der Waals surface area contributed by atoms with Crippen LogP contribution in [0.4, 0.5) is 0 Å². The standard InChI is InChI=1S/C7H12N2O3.C5H12O.C3H8/c10-4-8-3-6(11)7(12)9-5-1-2-5;1-5(2,3)6-4;1-3-2/h4-6,11H,1-3H2,(H,8,10)(H,9,12);1-4H3;3H2,1-2H3. The highest BCUT2D eigenvalue weighted by Crippen LogP contribution is 2.18. The van der Waals surface area contributed by atoms with Gasteiger partial charge in [0.2, 0.25) is 6.41 Å². The van der Waals surface area contributed by atoms with Crippen LogP contribution in [0.25, 0.3) is 0 Å². The number of aliphatic hydroxyl groups is 1. The Morgan fingerprint density at radius 1 is 1.38 bits per heavy atom. The lowest BCUT2D eigenvalue weighted by Gasteiger charge is -2.14. The second kappa shape index (κ2) is 12.6. The summed E-state index contributed by atoms with van der Waals surface area (Å²) in [4.78, 5) is 20.8. The third kappa shape index (κ3) is 18.9. The zero-order valence-electron chi connectivity index (χ0n) is 14.2. The van der Waals surface area contributed by atoms with Gasteiger partial charge in [-0.2, -0.15) is 0 Å². The zero-order valence-corrected chi connectivity index (χ0v) is 14.2. The van der Waals surface area contributed by atoms with Crippen LogP contribution in [-0.4, -0.2) is 48.8 Å². The van der Waals surface area contributed by atoms with Crippen molar-refractivity contribution in [2.75, 3.05) is 13.7 Å². The number of amides is 2. The minimum Gasteiger partial charge on any atom is -0.381 e. The Kier molecular flexibility index (Phi) is 13.3. The molecule has 1 unspecified atom stereocenters. The third-order valence-electron chi connectivity index (χ3n) is 2.23. The molecule has 0 aromatic rings. The van der Waals surface area contributed by atoms with Gasteiger partial charge in [-0.25, -0.2) is 0 Å². The van der Waals surface area contributed by atoms with E-state index in [1.165, 1.54) is 6.42 Å². The van der Waals surface area contributed by atoms with Crippen LogP contribution in [0.2, 0.25) is 0 Å². The molecule has 0 aliphatic heterocycles. The Morgan fingerprint density at radius 3 is 2.10 bits per heavy atom. The van der Waals surface area contributed by atoms with Crippen molar-refractivity contribution in [3.63, 3.8) is 0 Å². The molecule has 0 bridgehead atoms. The second-order valence-electron chi connectivity index (χ2n) is 5.85. The SMILES string of the molecule is CCC.COC(C)(C)C.O=CNCC(O)C(=O)NC1CC1. The maximum Gasteiger partial charge on any atom is 0.250 e. The summed E-state index contributed by atoms with van der Waals surface area (Å²) in [5.74, 6) is -0.410. The lowest BCUT2D eigenvalue weighted by atomic mass is 10.2. The minimum absolute atomic E-state index is 0.0257. The van der Waals surface area contributed by atoms with Gasteiger partial charge < -0.3 is 20.5 Å². The zero-order chi connectivity index (χ0) is 16.9. The summed E-state index contributed by atoms with van der Waals surface area (Å²) in [6, 6.07) is 0.239. The van der Waals surface area contributed by atoms with Crippen LogP contribution in [0.5, 0.6) is 0 Å². The van der Waals surface area contributed by atoms with Crippen LogP contribution in [-0.2, 0) is 14.3 Å². The van der Waals surface area contributed by atoms with Gasteiger partial charge in [-0.3, -0.25) is 9.59 Å². The fraction of sp³-hybridized carbons (Fsp3) is 0.867. The molecule has 1 aliphatic carbocycles. The number of aliphatic hydroxyl groups excluding tert-OH is 1. The van der Waals surface area contributed by atoms with E-state index in [1.807, 2.05) is 20.8 Å². The molecule has 6 nitrogen and oxygen atoms in total. The molecule has 0 heterocycles. The highest BCUT2D eigenvalue weighted by Gasteiger charge is 2.26. The van der Waals surface area contributed by atoms with Crippen molar-refractivity contribution in [3.8, 4) is 0 Å². The van der Waals surface area contributed by atoms with E-state index in [4.69, 9.17) is 9.84 Å². The summed E-state index contributed by atoms with van der Waals surface area (Å²) in [5.41, 5.74) is 0.0417. The number of rotatable bonds is 5. The molecule has 0 spiro atoms. The molecule has 3 N–H and O–H groups in total. The molecule has 0 saturated heterocycles. The van der Waals surface area contributed by atoms with Gasteiger partial charge in [0.05, 0.1) is 12.1 Å². The molecule has 21 heavy (non-hydrogen) atoms. The van der Waals surface area contributed by atoms with Crippen molar-refractivity contribution in [2.45, 2.75) is 71.6 Å². The second-order valence-corrected chi connectivity index (χ2v) is 5.85. The lowest BCUT2D eigenvalue weighted by Crippen LogP contribution is -2.41. The monoisotopic (exact) mass is 304 g/mol. The molecule has 2 amide bonds. The maximum atomic E-state index is 11.0. The molecule has 0 radical (unpaired) electrons. The quantitative estimate of drug-likeness (QED) is 0.666. The molecule has 1 rings (SSSR count). The van der Waals surface area contributed by atoms with Gasteiger partial charge in [-0.1, -0.05) is 20.3 Å². The number of methoxy groups -OCH3 is 1. The molecule has 1 fully saturated rings. The Bertz CT molecular complexity index is 273. The first kappa shape index (κ1) is 22.1. The summed E-state index contributed by atoms with van der Waals surface area (Å²) >= 11 is 0. The molecule has 0 aromatic heterocycles. The number of nitrogens with one attached hydrogen (secondary N) is 2.